The fraction of sp³-hybridized carbons (Fsp3) is 0.231. The smallest absolute Gasteiger partial charge is 0.308 e. The fourth-order valence-electron chi connectivity index (χ4n) is 1.83. The van der Waals surface area contributed by atoms with Crippen LogP contribution in [-0.2, 0) is 17.8 Å². The number of rotatable bonds is 5. The largest absolute Gasteiger partial charge is 0.481 e. The first-order valence-electron chi connectivity index (χ1n) is 5.65. The zero-order chi connectivity index (χ0) is 13.8. The van der Waals surface area contributed by atoms with Crippen LogP contribution in [0.25, 0.3) is 0 Å². The van der Waals surface area contributed by atoms with Gasteiger partial charge in [0.2, 0.25) is 5.88 Å². The van der Waals surface area contributed by atoms with Crippen molar-refractivity contribution < 1.29 is 19.0 Å². The molecule has 0 amide bonds. The van der Waals surface area contributed by atoms with Gasteiger partial charge in [-0.2, -0.15) is 5.10 Å². The molecule has 1 aromatic heterocycles. The van der Waals surface area contributed by atoms with E-state index in [9.17, 15) is 9.18 Å². The zero-order valence-corrected chi connectivity index (χ0v) is 10.3. The summed E-state index contributed by atoms with van der Waals surface area (Å²) in [5.41, 5.74) is 0.928. The molecule has 19 heavy (non-hydrogen) atoms. The number of nitrogens with zero attached hydrogens (tertiary/aromatic N) is 2. The molecule has 0 saturated carbocycles. The van der Waals surface area contributed by atoms with Crippen LogP contribution in [0.4, 0.5) is 4.39 Å². The second-order valence-corrected chi connectivity index (χ2v) is 4.00. The lowest BCUT2D eigenvalue weighted by molar-refractivity contribution is -0.136. The first-order chi connectivity index (χ1) is 9.11. The highest BCUT2D eigenvalue weighted by atomic mass is 19.1. The van der Waals surface area contributed by atoms with Gasteiger partial charge in [0.15, 0.2) is 0 Å². The normalized spacial score (nSPS) is 10.4. The van der Waals surface area contributed by atoms with Crippen LogP contribution >= 0.6 is 0 Å². The van der Waals surface area contributed by atoms with Crippen LogP contribution in [0.3, 0.4) is 0 Å². The summed E-state index contributed by atoms with van der Waals surface area (Å²) >= 11 is 0. The van der Waals surface area contributed by atoms with Gasteiger partial charge >= 0.3 is 5.97 Å². The van der Waals surface area contributed by atoms with Gasteiger partial charge in [-0.3, -0.25) is 4.79 Å². The third-order valence-corrected chi connectivity index (χ3v) is 2.68. The Labute approximate surface area is 109 Å². The Morgan fingerprint density at radius 3 is 2.79 bits per heavy atom. The molecular formula is C13H13FN2O3. The second-order valence-electron chi connectivity index (χ2n) is 4.00. The van der Waals surface area contributed by atoms with E-state index in [1.807, 2.05) is 0 Å². The number of carboxylic acids is 1. The molecule has 100 valence electrons. The maximum absolute atomic E-state index is 13.6. The topological polar surface area (TPSA) is 64.3 Å². The lowest BCUT2D eigenvalue weighted by Crippen LogP contribution is -2.07. The maximum atomic E-state index is 13.6. The van der Waals surface area contributed by atoms with Crippen LogP contribution in [0.15, 0.2) is 30.5 Å². The van der Waals surface area contributed by atoms with E-state index in [0.717, 1.165) is 0 Å². The number of benzene rings is 1. The highest BCUT2D eigenvalue weighted by Gasteiger charge is 2.15. The van der Waals surface area contributed by atoms with E-state index < -0.39 is 5.97 Å². The number of ether oxygens (including phenoxy) is 1. The van der Waals surface area contributed by atoms with E-state index in [2.05, 4.69) is 5.10 Å². The average molecular weight is 264 g/mol. The molecule has 0 saturated heterocycles. The second kappa shape index (κ2) is 5.51. The summed E-state index contributed by atoms with van der Waals surface area (Å²) in [6.07, 6.45) is 1.24. The number of hydrogen-bond acceptors (Lipinski definition) is 3. The lowest BCUT2D eigenvalue weighted by Gasteiger charge is -2.08. The van der Waals surface area contributed by atoms with Crippen LogP contribution in [0, 0.1) is 5.82 Å². The minimum Gasteiger partial charge on any atom is -0.481 e. The van der Waals surface area contributed by atoms with Gasteiger partial charge in [-0.15, -0.1) is 0 Å². The molecule has 0 bridgehead atoms. The molecule has 2 aromatic rings. The molecular weight excluding hydrogens is 251 g/mol. The first kappa shape index (κ1) is 13.1. The third-order valence-electron chi connectivity index (χ3n) is 2.68. The van der Waals surface area contributed by atoms with Crippen molar-refractivity contribution in [3.63, 3.8) is 0 Å². The van der Waals surface area contributed by atoms with Crippen molar-refractivity contribution in [3.8, 4) is 5.88 Å². The summed E-state index contributed by atoms with van der Waals surface area (Å²) in [6, 6.07) is 6.35. The van der Waals surface area contributed by atoms with Crippen LogP contribution in [-0.4, -0.2) is 28.0 Å². The summed E-state index contributed by atoms with van der Waals surface area (Å²) in [5.74, 6) is -0.964. The maximum Gasteiger partial charge on any atom is 0.308 e. The van der Waals surface area contributed by atoms with Crippen molar-refractivity contribution >= 4 is 5.97 Å². The quantitative estimate of drug-likeness (QED) is 0.892. The van der Waals surface area contributed by atoms with E-state index in [1.165, 1.54) is 24.1 Å². The van der Waals surface area contributed by atoms with Gasteiger partial charge in [0.05, 0.1) is 26.3 Å². The minimum atomic E-state index is -0.969. The standard InChI is InChI=1S/C13H13FN2O3/c1-19-13-10(6-12(17)18)7-15-16(13)8-9-4-2-3-5-11(9)14/h2-5,7H,6,8H2,1H3,(H,17,18). The van der Waals surface area contributed by atoms with Crippen LogP contribution in [0.5, 0.6) is 5.88 Å². The predicted molar refractivity (Wildman–Crippen MR) is 65.6 cm³/mol. The monoisotopic (exact) mass is 264 g/mol. The van der Waals surface area contributed by atoms with Crippen molar-refractivity contribution in [2.24, 2.45) is 0 Å². The summed E-state index contributed by atoms with van der Waals surface area (Å²) in [4.78, 5) is 10.7. The van der Waals surface area contributed by atoms with Crippen molar-refractivity contribution in [2.45, 2.75) is 13.0 Å². The van der Waals surface area contributed by atoms with Gasteiger partial charge in [-0.1, -0.05) is 18.2 Å². The number of methoxy groups -OCH3 is 1. The molecule has 0 aliphatic rings. The molecule has 5 nitrogen and oxygen atoms in total. The number of aliphatic carboxylic acids is 1. The van der Waals surface area contributed by atoms with Crippen LogP contribution in [0.1, 0.15) is 11.1 Å². The fourth-order valence-corrected chi connectivity index (χ4v) is 1.83. The minimum absolute atomic E-state index is 0.180. The molecule has 0 atom stereocenters. The Kier molecular flexibility index (Phi) is 3.79. The van der Waals surface area contributed by atoms with Gasteiger partial charge < -0.3 is 9.84 Å². The molecule has 1 heterocycles. The molecule has 2 rings (SSSR count). The third kappa shape index (κ3) is 2.90. The van der Waals surface area contributed by atoms with E-state index >= 15 is 0 Å². The average Bonchev–Trinajstić information content (AvgIpc) is 2.73. The van der Waals surface area contributed by atoms with Crippen molar-refractivity contribution in [2.75, 3.05) is 7.11 Å². The Bertz CT molecular complexity index is 595. The van der Waals surface area contributed by atoms with Gasteiger partial charge in [-0.05, 0) is 6.07 Å². The highest BCUT2D eigenvalue weighted by molar-refractivity contribution is 5.70. The molecule has 6 heteroatoms. The van der Waals surface area contributed by atoms with Gasteiger partial charge in [0.25, 0.3) is 0 Å². The molecule has 0 fully saturated rings. The number of aromatic nitrogens is 2. The molecule has 0 aliphatic carbocycles. The molecule has 0 unspecified atom stereocenters. The van der Waals surface area contributed by atoms with Crippen molar-refractivity contribution in [3.05, 3.63) is 47.4 Å². The first-order valence-corrected chi connectivity index (χ1v) is 5.65. The molecule has 0 spiro atoms. The number of hydrogen-bond donors (Lipinski definition) is 1. The number of carbonyl (C=O) groups is 1. The summed E-state index contributed by atoms with van der Waals surface area (Å²) in [5, 5.41) is 12.8. The van der Waals surface area contributed by atoms with Crippen LogP contribution < -0.4 is 4.74 Å². The predicted octanol–water partition coefficient (Wildman–Crippen LogP) is 1.71. The SMILES string of the molecule is COc1c(CC(=O)O)cnn1Cc1ccccc1F. The lowest BCUT2D eigenvalue weighted by atomic mass is 10.2. The summed E-state index contributed by atoms with van der Waals surface area (Å²) in [6.45, 7) is 0.190. The Morgan fingerprint density at radius 1 is 1.42 bits per heavy atom. The molecule has 1 N–H and O–H groups in total. The van der Waals surface area contributed by atoms with E-state index in [4.69, 9.17) is 9.84 Å². The van der Waals surface area contributed by atoms with Crippen LogP contribution in [0.2, 0.25) is 0 Å². The van der Waals surface area contributed by atoms with E-state index in [1.54, 1.807) is 18.2 Å². The Morgan fingerprint density at radius 2 is 2.16 bits per heavy atom. The zero-order valence-electron chi connectivity index (χ0n) is 10.3. The van der Waals surface area contributed by atoms with Crippen molar-refractivity contribution in [1.29, 1.82) is 0 Å². The molecule has 0 aliphatic heterocycles. The van der Waals surface area contributed by atoms with Gasteiger partial charge in [0.1, 0.15) is 5.82 Å². The van der Waals surface area contributed by atoms with Gasteiger partial charge in [-0.25, -0.2) is 9.07 Å². The van der Waals surface area contributed by atoms with Crippen molar-refractivity contribution in [1.82, 2.24) is 9.78 Å². The van der Waals surface area contributed by atoms with Gasteiger partial charge in [0, 0.05) is 11.1 Å². The Balaban J connectivity index is 2.28. The van der Waals surface area contributed by atoms with E-state index in [0.29, 0.717) is 17.0 Å². The molecule has 0 radical (unpaired) electrons. The Hall–Kier alpha value is -2.37. The van der Waals surface area contributed by atoms with E-state index in [-0.39, 0.29) is 18.8 Å². The summed E-state index contributed by atoms with van der Waals surface area (Å²) in [7, 11) is 1.43. The summed E-state index contributed by atoms with van der Waals surface area (Å²) < 4.78 is 20.1. The highest BCUT2D eigenvalue weighted by Crippen LogP contribution is 2.20. The number of carboxylic acid groups (broad SMARTS) is 1. The molecule has 1 aromatic carbocycles. The number of halogens is 1.